The monoisotopic (exact) mass is 397 g/mol. The Morgan fingerprint density at radius 1 is 0.967 bits per heavy atom. The van der Waals surface area contributed by atoms with Crippen molar-refractivity contribution in [3.05, 3.63) is 72.6 Å². The van der Waals surface area contributed by atoms with E-state index in [0.29, 0.717) is 17.3 Å². The van der Waals surface area contributed by atoms with E-state index in [1.807, 2.05) is 66.2 Å². The summed E-state index contributed by atoms with van der Waals surface area (Å²) in [6.45, 7) is -0.0176. The van der Waals surface area contributed by atoms with Crippen LogP contribution in [0.5, 0.6) is 0 Å². The Morgan fingerprint density at radius 2 is 1.80 bits per heavy atom. The fourth-order valence-corrected chi connectivity index (χ4v) is 3.51. The molecular weight excluding hydrogens is 378 g/mol. The third kappa shape index (κ3) is 2.90. The number of rotatable bonds is 4. The van der Waals surface area contributed by atoms with Crippen molar-refractivity contribution in [1.82, 2.24) is 29.3 Å². The smallest absolute Gasteiger partial charge is 0.165 e. The molecule has 5 rings (SSSR count). The average molecular weight is 397 g/mol. The highest BCUT2D eigenvalue weighted by atomic mass is 16.3. The first kappa shape index (κ1) is 18.0. The number of aryl methyl sites for hydroxylation is 1. The second kappa shape index (κ2) is 7.09. The number of aromatic nitrogens is 6. The van der Waals surface area contributed by atoms with Crippen molar-refractivity contribution in [3.8, 4) is 28.5 Å². The van der Waals surface area contributed by atoms with Gasteiger partial charge in [0.25, 0.3) is 0 Å². The molecule has 0 saturated carbocycles. The number of anilines is 1. The van der Waals surface area contributed by atoms with Gasteiger partial charge >= 0.3 is 0 Å². The first-order valence-corrected chi connectivity index (χ1v) is 9.44. The molecule has 4 aromatic heterocycles. The minimum absolute atomic E-state index is 0.0176. The lowest BCUT2D eigenvalue weighted by atomic mass is 10.2. The van der Waals surface area contributed by atoms with Crippen molar-refractivity contribution in [2.24, 2.45) is 7.05 Å². The third-order valence-electron chi connectivity index (χ3n) is 5.04. The van der Waals surface area contributed by atoms with E-state index in [1.165, 1.54) is 0 Å². The zero-order valence-corrected chi connectivity index (χ0v) is 16.3. The number of pyridine rings is 2. The van der Waals surface area contributed by atoms with Crippen LogP contribution in [0.4, 0.5) is 5.82 Å². The fourth-order valence-electron chi connectivity index (χ4n) is 3.51. The van der Waals surface area contributed by atoms with Crippen molar-refractivity contribution in [3.63, 3.8) is 0 Å². The van der Waals surface area contributed by atoms with Crippen LogP contribution in [-0.2, 0) is 13.7 Å². The molecule has 5 aromatic rings. The molecule has 1 aromatic carbocycles. The van der Waals surface area contributed by atoms with Gasteiger partial charge in [0.15, 0.2) is 11.5 Å². The van der Waals surface area contributed by atoms with Gasteiger partial charge in [-0.3, -0.25) is 9.25 Å². The van der Waals surface area contributed by atoms with Gasteiger partial charge < -0.3 is 10.8 Å². The Morgan fingerprint density at radius 3 is 2.50 bits per heavy atom. The molecule has 148 valence electrons. The van der Waals surface area contributed by atoms with Crippen molar-refractivity contribution in [2.45, 2.75) is 6.61 Å². The topological polar surface area (TPSA) is 108 Å². The normalized spacial score (nSPS) is 11.3. The van der Waals surface area contributed by atoms with Gasteiger partial charge in [0, 0.05) is 25.1 Å². The van der Waals surface area contributed by atoms with Crippen LogP contribution in [0.3, 0.4) is 0 Å². The van der Waals surface area contributed by atoms with Gasteiger partial charge in [-0.15, -0.1) is 0 Å². The summed E-state index contributed by atoms with van der Waals surface area (Å²) in [6.07, 6.45) is 3.40. The fraction of sp³-hybridized carbons (Fsp3) is 0.0909. The molecule has 4 heterocycles. The molecule has 0 aliphatic carbocycles. The van der Waals surface area contributed by atoms with Gasteiger partial charge in [0.2, 0.25) is 0 Å². The van der Waals surface area contributed by atoms with Crippen molar-refractivity contribution in [2.75, 3.05) is 5.73 Å². The van der Waals surface area contributed by atoms with Crippen LogP contribution in [0.2, 0.25) is 0 Å². The lowest BCUT2D eigenvalue weighted by Gasteiger charge is -2.11. The maximum absolute atomic E-state index is 9.40. The molecule has 30 heavy (non-hydrogen) atoms. The third-order valence-corrected chi connectivity index (χ3v) is 5.04. The lowest BCUT2D eigenvalue weighted by Crippen LogP contribution is -2.03. The summed E-state index contributed by atoms with van der Waals surface area (Å²) in [7, 11) is 1.88. The van der Waals surface area contributed by atoms with E-state index in [2.05, 4.69) is 10.1 Å². The minimum atomic E-state index is -0.0176. The molecule has 0 radical (unpaired) electrons. The number of aliphatic hydroxyl groups excluding tert-OH is 1. The average Bonchev–Trinajstić information content (AvgIpc) is 3.37. The van der Waals surface area contributed by atoms with Crippen LogP contribution < -0.4 is 5.73 Å². The number of fused-ring (bicyclic) bond motifs is 1. The number of imidazole rings is 1. The number of nitrogen functional groups attached to an aromatic ring is 1. The van der Waals surface area contributed by atoms with Gasteiger partial charge in [-0.2, -0.15) is 5.10 Å². The van der Waals surface area contributed by atoms with Crippen LogP contribution in [0, 0.1) is 0 Å². The number of nitrogens with zero attached hydrogens (tertiary/aromatic N) is 6. The summed E-state index contributed by atoms with van der Waals surface area (Å²) in [5.74, 6) is 1.05. The summed E-state index contributed by atoms with van der Waals surface area (Å²) in [6, 6.07) is 17.1. The van der Waals surface area contributed by atoms with Crippen LogP contribution in [-0.4, -0.2) is 34.4 Å². The van der Waals surface area contributed by atoms with E-state index in [9.17, 15) is 5.11 Å². The molecule has 0 bridgehead atoms. The predicted octanol–water partition coefficient (Wildman–Crippen LogP) is 2.96. The van der Waals surface area contributed by atoms with E-state index in [0.717, 1.165) is 33.7 Å². The first-order chi connectivity index (χ1) is 14.7. The Hall–Kier alpha value is -4.04. The van der Waals surface area contributed by atoms with E-state index in [-0.39, 0.29) is 6.61 Å². The van der Waals surface area contributed by atoms with Gasteiger partial charge in [-0.25, -0.2) is 15.0 Å². The van der Waals surface area contributed by atoms with Crippen molar-refractivity contribution >= 4 is 17.0 Å². The first-order valence-electron chi connectivity index (χ1n) is 9.44. The SMILES string of the molecule is Cn1nccc1-c1ccc2nc(-c3cccnc3N)n(-c3ccc(CO)cc3)c2n1. The van der Waals surface area contributed by atoms with E-state index in [4.69, 9.17) is 15.7 Å². The van der Waals surface area contributed by atoms with Gasteiger partial charge in [0.1, 0.15) is 11.3 Å². The number of nitrogens with two attached hydrogens (primary N) is 1. The molecule has 0 unspecified atom stereocenters. The summed E-state index contributed by atoms with van der Waals surface area (Å²) in [5, 5.41) is 13.6. The van der Waals surface area contributed by atoms with Crippen LogP contribution >= 0.6 is 0 Å². The molecule has 8 heteroatoms. The molecule has 3 N–H and O–H groups in total. The number of aliphatic hydroxyl groups is 1. The summed E-state index contributed by atoms with van der Waals surface area (Å²) in [4.78, 5) is 13.9. The highest BCUT2D eigenvalue weighted by Crippen LogP contribution is 2.31. The second-order valence-electron chi connectivity index (χ2n) is 6.91. The number of benzene rings is 1. The molecule has 0 saturated heterocycles. The number of hydrogen-bond donors (Lipinski definition) is 2. The Kier molecular flexibility index (Phi) is 4.26. The van der Waals surface area contributed by atoms with Crippen molar-refractivity contribution in [1.29, 1.82) is 0 Å². The van der Waals surface area contributed by atoms with Crippen LogP contribution in [0.15, 0.2) is 67.0 Å². The summed E-state index contributed by atoms with van der Waals surface area (Å²) >= 11 is 0. The quantitative estimate of drug-likeness (QED) is 0.483. The largest absolute Gasteiger partial charge is 0.392 e. The van der Waals surface area contributed by atoms with E-state index in [1.54, 1.807) is 17.1 Å². The Bertz CT molecular complexity index is 1350. The van der Waals surface area contributed by atoms with Gasteiger partial charge in [-0.1, -0.05) is 12.1 Å². The highest BCUT2D eigenvalue weighted by molar-refractivity contribution is 5.84. The lowest BCUT2D eigenvalue weighted by molar-refractivity contribution is 0.282. The molecule has 0 atom stereocenters. The zero-order chi connectivity index (χ0) is 20.7. The second-order valence-corrected chi connectivity index (χ2v) is 6.91. The maximum Gasteiger partial charge on any atom is 0.165 e. The van der Waals surface area contributed by atoms with Gasteiger partial charge in [0.05, 0.1) is 23.6 Å². The molecule has 0 amide bonds. The molecule has 0 fully saturated rings. The predicted molar refractivity (Wildman–Crippen MR) is 115 cm³/mol. The van der Waals surface area contributed by atoms with E-state index < -0.39 is 0 Å². The minimum Gasteiger partial charge on any atom is -0.392 e. The Balaban J connectivity index is 1.80. The standard InChI is InChI=1S/C22H19N7O/c1-28-19(10-12-25-28)17-8-9-18-22(26-17)29(15-6-4-14(13-30)5-7-15)21(27-18)16-3-2-11-24-20(16)23/h2-12,30H,13H2,1H3,(H2,23,24). The maximum atomic E-state index is 9.40. The molecule has 0 spiro atoms. The van der Waals surface area contributed by atoms with E-state index >= 15 is 0 Å². The molecule has 0 aliphatic heterocycles. The molecular formula is C22H19N7O. The highest BCUT2D eigenvalue weighted by Gasteiger charge is 2.19. The zero-order valence-electron chi connectivity index (χ0n) is 16.3. The summed E-state index contributed by atoms with van der Waals surface area (Å²) < 4.78 is 3.74. The van der Waals surface area contributed by atoms with Crippen molar-refractivity contribution < 1.29 is 5.11 Å². The van der Waals surface area contributed by atoms with Crippen LogP contribution in [0.25, 0.3) is 39.6 Å². The van der Waals surface area contributed by atoms with Crippen LogP contribution in [0.1, 0.15) is 5.56 Å². The Labute approximate surface area is 172 Å². The number of hydrogen-bond acceptors (Lipinski definition) is 6. The van der Waals surface area contributed by atoms with Gasteiger partial charge in [-0.05, 0) is 48.0 Å². The molecule has 0 aliphatic rings. The molecule has 8 nitrogen and oxygen atoms in total. The summed E-state index contributed by atoms with van der Waals surface area (Å²) in [5.41, 5.74) is 11.7.